The van der Waals surface area contributed by atoms with Crippen molar-refractivity contribution < 1.29 is 9.53 Å². The molecule has 1 amide bonds. The van der Waals surface area contributed by atoms with E-state index in [1.165, 1.54) is 0 Å². The van der Waals surface area contributed by atoms with Crippen molar-refractivity contribution in [2.45, 2.75) is 33.0 Å². The molecule has 0 saturated carbocycles. The highest BCUT2D eigenvalue weighted by atomic mass is 16.5. The number of likely N-dealkylation sites (N-methyl/N-ethyl adjacent to an activating group) is 1. The number of benzene rings is 1. The van der Waals surface area contributed by atoms with Gasteiger partial charge >= 0.3 is 0 Å². The molecule has 1 saturated heterocycles. The van der Waals surface area contributed by atoms with Crippen molar-refractivity contribution in [1.82, 2.24) is 15.1 Å². The molecule has 1 fully saturated rings. The van der Waals surface area contributed by atoms with Crippen molar-refractivity contribution in [3.63, 3.8) is 0 Å². The Morgan fingerprint density at radius 1 is 1.26 bits per heavy atom. The molecule has 0 bridgehead atoms. The highest BCUT2D eigenvalue weighted by Crippen LogP contribution is 2.08. The van der Waals surface area contributed by atoms with Gasteiger partial charge in [0.1, 0.15) is 0 Å². The first kappa shape index (κ1) is 17.9. The second-order valence-electron chi connectivity index (χ2n) is 6.31. The molecule has 1 aliphatic heterocycles. The van der Waals surface area contributed by atoms with Crippen molar-refractivity contribution in [3.05, 3.63) is 35.4 Å². The summed E-state index contributed by atoms with van der Waals surface area (Å²) in [4.78, 5) is 16.7. The summed E-state index contributed by atoms with van der Waals surface area (Å²) in [5.41, 5.74) is 2.28. The topological polar surface area (TPSA) is 44.8 Å². The number of carbonyl (C=O) groups is 1. The first-order chi connectivity index (χ1) is 11.1. The van der Waals surface area contributed by atoms with E-state index in [1.54, 1.807) is 0 Å². The Hall–Kier alpha value is -1.43. The Kier molecular flexibility index (Phi) is 7.02. The summed E-state index contributed by atoms with van der Waals surface area (Å²) in [5, 5.41) is 3.02. The number of hydrogen-bond acceptors (Lipinski definition) is 4. The maximum absolute atomic E-state index is 12.1. The van der Waals surface area contributed by atoms with Crippen LogP contribution in [0, 0.1) is 0 Å². The highest BCUT2D eigenvalue weighted by Gasteiger charge is 2.22. The van der Waals surface area contributed by atoms with Crippen LogP contribution in [0.1, 0.15) is 25.0 Å². The lowest BCUT2D eigenvalue weighted by Crippen LogP contribution is -2.53. The second kappa shape index (κ2) is 9.01. The fourth-order valence-electron chi connectivity index (χ4n) is 2.83. The zero-order valence-electron chi connectivity index (χ0n) is 14.5. The van der Waals surface area contributed by atoms with Gasteiger partial charge in [-0.15, -0.1) is 0 Å². The Balaban J connectivity index is 1.73. The zero-order valence-corrected chi connectivity index (χ0v) is 14.5. The molecule has 128 valence electrons. The molecule has 1 aliphatic rings. The van der Waals surface area contributed by atoms with Crippen molar-refractivity contribution in [2.24, 2.45) is 0 Å². The van der Waals surface area contributed by atoms with E-state index in [2.05, 4.69) is 41.2 Å². The lowest BCUT2D eigenvalue weighted by molar-refractivity contribution is -0.123. The van der Waals surface area contributed by atoms with E-state index in [9.17, 15) is 4.79 Å². The monoisotopic (exact) mass is 319 g/mol. The average molecular weight is 319 g/mol. The first-order valence-electron chi connectivity index (χ1n) is 8.43. The molecule has 1 aromatic carbocycles. The van der Waals surface area contributed by atoms with E-state index in [1.807, 2.05) is 19.1 Å². The second-order valence-corrected chi connectivity index (χ2v) is 6.31. The van der Waals surface area contributed by atoms with Gasteiger partial charge in [0.05, 0.1) is 13.2 Å². The molecule has 23 heavy (non-hydrogen) atoms. The zero-order chi connectivity index (χ0) is 16.7. The number of amides is 1. The third kappa shape index (κ3) is 5.94. The Morgan fingerprint density at radius 2 is 1.96 bits per heavy atom. The molecule has 1 N–H and O–H groups in total. The molecule has 5 nitrogen and oxygen atoms in total. The summed E-state index contributed by atoms with van der Waals surface area (Å²) in [5.74, 6) is 0.0970. The standard InChI is InChI=1S/C18H29N3O2/c1-4-23-14-17-7-5-16(6-8-17)11-19-18(22)13-21-10-9-20(3)12-15(21)2/h5-8,15H,4,9-14H2,1-3H3,(H,19,22)/t15-/m0/s1. The number of ether oxygens (including phenoxy) is 1. The quantitative estimate of drug-likeness (QED) is 0.827. The number of nitrogens with one attached hydrogen (secondary N) is 1. The number of rotatable bonds is 7. The van der Waals surface area contributed by atoms with Gasteiger partial charge in [0.15, 0.2) is 0 Å². The SMILES string of the molecule is CCOCc1ccc(CNC(=O)CN2CCN(C)C[C@@H]2C)cc1. The van der Waals surface area contributed by atoms with Gasteiger partial charge in [-0.05, 0) is 32.0 Å². The Morgan fingerprint density at radius 3 is 2.61 bits per heavy atom. The minimum Gasteiger partial charge on any atom is -0.377 e. The smallest absolute Gasteiger partial charge is 0.234 e. The molecular weight excluding hydrogens is 290 g/mol. The van der Waals surface area contributed by atoms with E-state index >= 15 is 0 Å². The van der Waals surface area contributed by atoms with Gasteiger partial charge < -0.3 is 15.0 Å². The van der Waals surface area contributed by atoms with Crippen LogP contribution < -0.4 is 5.32 Å². The molecule has 0 aliphatic carbocycles. The minimum atomic E-state index is 0.0970. The van der Waals surface area contributed by atoms with E-state index in [0.717, 1.165) is 37.4 Å². The highest BCUT2D eigenvalue weighted by molar-refractivity contribution is 5.78. The number of piperazine rings is 1. The van der Waals surface area contributed by atoms with E-state index < -0.39 is 0 Å². The molecule has 5 heteroatoms. The normalized spacial score (nSPS) is 19.7. The van der Waals surface area contributed by atoms with Gasteiger partial charge in [0.25, 0.3) is 0 Å². The summed E-state index contributed by atoms with van der Waals surface area (Å²) < 4.78 is 5.38. The predicted octanol–water partition coefficient (Wildman–Crippen LogP) is 1.48. The van der Waals surface area contributed by atoms with Crippen LogP contribution in [0.2, 0.25) is 0 Å². The van der Waals surface area contributed by atoms with Crippen LogP contribution >= 0.6 is 0 Å². The number of hydrogen-bond donors (Lipinski definition) is 1. The lowest BCUT2D eigenvalue weighted by Gasteiger charge is -2.37. The van der Waals surface area contributed by atoms with Gasteiger partial charge in [-0.1, -0.05) is 24.3 Å². The average Bonchev–Trinajstić information content (AvgIpc) is 2.54. The maximum Gasteiger partial charge on any atom is 0.234 e. The number of nitrogens with zero attached hydrogens (tertiary/aromatic N) is 2. The van der Waals surface area contributed by atoms with E-state index in [4.69, 9.17) is 4.74 Å². The molecule has 2 rings (SSSR count). The molecule has 1 atom stereocenters. The molecule has 0 unspecified atom stereocenters. The molecule has 1 heterocycles. The van der Waals surface area contributed by atoms with E-state index in [-0.39, 0.29) is 5.91 Å². The first-order valence-corrected chi connectivity index (χ1v) is 8.43. The van der Waals surface area contributed by atoms with Crippen LogP contribution in [0.25, 0.3) is 0 Å². The fourth-order valence-corrected chi connectivity index (χ4v) is 2.83. The van der Waals surface area contributed by atoms with Crippen LogP contribution in [0.5, 0.6) is 0 Å². The lowest BCUT2D eigenvalue weighted by atomic mass is 10.1. The van der Waals surface area contributed by atoms with Crippen molar-refractivity contribution in [1.29, 1.82) is 0 Å². The molecule has 1 aromatic rings. The summed E-state index contributed by atoms with van der Waals surface area (Å²) in [6.07, 6.45) is 0. The summed E-state index contributed by atoms with van der Waals surface area (Å²) in [6.45, 7) is 9.61. The van der Waals surface area contributed by atoms with Crippen LogP contribution in [0.4, 0.5) is 0 Å². The number of carbonyl (C=O) groups excluding carboxylic acids is 1. The predicted molar refractivity (Wildman–Crippen MR) is 92.2 cm³/mol. The van der Waals surface area contributed by atoms with Crippen molar-refractivity contribution in [2.75, 3.05) is 39.8 Å². The van der Waals surface area contributed by atoms with Gasteiger partial charge in [0, 0.05) is 38.8 Å². The van der Waals surface area contributed by atoms with Crippen LogP contribution in [-0.2, 0) is 22.7 Å². The van der Waals surface area contributed by atoms with Crippen LogP contribution in [0.15, 0.2) is 24.3 Å². The Labute approximate surface area is 139 Å². The van der Waals surface area contributed by atoms with Gasteiger partial charge in [-0.25, -0.2) is 0 Å². The fraction of sp³-hybridized carbons (Fsp3) is 0.611. The maximum atomic E-state index is 12.1. The molecule has 0 radical (unpaired) electrons. The third-order valence-corrected chi connectivity index (χ3v) is 4.30. The van der Waals surface area contributed by atoms with Crippen LogP contribution in [-0.4, -0.2) is 61.6 Å². The summed E-state index contributed by atoms with van der Waals surface area (Å²) in [7, 11) is 2.13. The molecule has 0 spiro atoms. The van der Waals surface area contributed by atoms with E-state index in [0.29, 0.717) is 25.7 Å². The Bertz CT molecular complexity index is 490. The van der Waals surface area contributed by atoms with Crippen LogP contribution in [0.3, 0.4) is 0 Å². The van der Waals surface area contributed by atoms with Gasteiger partial charge in [-0.2, -0.15) is 0 Å². The summed E-state index contributed by atoms with van der Waals surface area (Å²) in [6, 6.07) is 8.64. The minimum absolute atomic E-state index is 0.0970. The molecular formula is C18H29N3O2. The van der Waals surface area contributed by atoms with Gasteiger partial charge in [-0.3, -0.25) is 9.69 Å². The van der Waals surface area contributed by atoms with Gasteiger partial charge in [0.2, 0.25) is 5.91 Å². The van der Waals surface area contributed by atoms with Crippen molar-refractivity contribution >= 4 is 5.91 Å². The van der Waals surface area contributed by atoms with Crippen molar-refractivity contribution in [3.8, 4) is 0 Å². The third-order valence-electron chi connectivity index (χ3n) is 4.30. The molecule has 0 aromatic heterocycles. The largest absolute Gasteiger partial charge is 0.377 e. The summed E-state index contributed by atoms with van der Waals surface area (Å²) >= 11 is 0.